The Bertz CT molecular complexity index is 9280. The van der Waals surface area contributed by atoms with Gasteiger partial charge in [0.05, 0.1) is 27.8 Å². The van der Waals surface area contributed by atoms with Gasteiger partial charge in [0.1, 0.15) is 91.1 Å². The summed E-state index contributed by atoms with van der Waals surface area (Å²) >= 11 is 0. The van der Waals surface area contributed by atoms with Crippen LogP contribution in [0.5, 0.6) is 0 Å². The molecule has 0 fully saturated rings. The standard InChI is InChI=1S/C27H26NO.C26H24NO.2C25H22NO.C24H20NO/c1-17(2)13-19-11-12-28(4)24(14-19)26-18(3)9-10-22-23-15-20-7-5-6-8-21(20)16-25(23)29-27(22)26;1-15-11-22(27(5)14-18(15)4)25-17(3)10-16(2)24-21-12-19-8-6-7-9-20(19)13-23(21)28-26(24)25;1-15-9-10-21(26(4)14-15)24-17(3)11-16(2)23-20-12-18-7-5-6-8-19(18)13-22(20)27-25(23)24;1-15-9-10-26(4)21(11-15)24-17(3)12-16(2)23-20-13-18-7-5-6-8-19(18)14-22(20)27-25(23)24;1-15-12-16(2)23(20-10-6-7-11-25(20)3)24-22(15)19-13-17-8-4-5-9-18(17)14-21(19)26-24/h5-12,14-17H,13H2,1-4H3;6-14H,1-5H3;2*5-14H,1-4H3;4-14H,1-3H3/q5*+1. The maximum atomic E-state index is 6.52. The summed E-state index contributed by atoms with van der Waals surface area (Å²) in [4.78, 5) is 0. The summed E-state index contributed by atoms with van der Waals surface area (Å²) in [7, 11) is 10.5. The first kappa shape index (κ1) is 88.0. The summed E-state index contributed by atoms with van der Waals surface area (Å²) in [5, 5.41) is 24.3. The van der Waals surface area contributed by atoms with E-state index in [0.29, 0.717) is 5.92 Å². The molecular formula is C127H114N5O5+5. The van der Waals surface area contributed by atoms with E-state index in [1.807, 2.05) is 0 Å². The third-order valence-electron chi connectivity index (χ3n) is 28.3. The lowest BCUT2D eigenvalue weighted by Crippen LogP contribution is -2.31. The normalized spacial score (nSPS) is 11.7. The summed E-state index contributed by atoms with van der Waals surface area (Å²) in [5.74, 6) is 0.631. The molecule has 137 heavy (non-hydrogen) atoms. The maximum absolute atomic E-state index is 6.52. The van der Waals surface area contributed by atoms with Crippen LogP contribution in [0.1, 0.15) is 91.7 Å². The molecule has 10 heteroatoms. The van der Waals surface area contributed by atoms with Crippen LogP contribution in [0.3, 0.4) is 0 Å². The van der Waals surface area contributed by atoms with Crippen LogP contribution < -0.4 is 22.8 Å². The Morgan fingerprint density at radius 1 is 0.212 bits per heavy atom. The smallest absolute Gasteiger partial charge is 0.216 e. The van der Waals surface area contributed by atoms with Gasteiger partial charge in [-0.2, -0.15) is 0 Å². The molecule has 0 atom stereocenters. The quantitative estimate of drug-likeness (QED) is 0.148. The van der Waals surface area contributed by atoms with Gasteiger partial charge in [-0.15, -0.1) is 0 Å². The fraction of sp³-hybridized carbons (Fsp3) is 0.173. The number of aryl methyl sites for hydroxylation is 18. The third-order valence-corrected chi connectivity index (χ3v) is 28.3. The van der Waals surface area contributed by atoms with Crippen molar-refractivity contribution in [3.63, 3.8) is 0 Å². The number of rotatable bonds is 7. The predicted molar refractivity (Wildman–Crippen MR) is 569 cm³/mol. The van der Waals surface area contributed by atoms with Gasteiger partial charge in [0, 0.05) is 114 Å². The molecule has 10 nitrogen and oxygen atoms in total. The lowest BCUT2D eigenvalue weighted by atomic mass is 9.95. The molecule has 25 aromatic rings. The van der Waals surface area contributed by atoms with E-state index in [1.165, 1.54) is 242 Å². The Morgan fingerprint density at radius 3 is 0.927 bits per heavy atom. The van der Waals surface area contributed by atoms with Crippen LogP contribution in [0.2, 0.25) is 0 Å². The fourth-order valence-corrected chi connectivity index (χ4v) is 21.5. The van der Waals surface area contributed by atoms with Crippen molar-refractivity contribution in [2.45, 2.75) is 110 Å². The summed E-state index contributed by atoms with van der Waals surface area (Å²) in [6.45, 7) is 32.7. The first-order valence-corrected chi connectivity index (χ1v) is 47.7. The molecule has 10 aromatic heterocycles. The van der Waals surface area contributed by atoms with E-state index in [0.717, 1.165) is 62.3 Å². The molecule has 0 aliphatic rings. The second kappa shape index (κ2) is 35.0. The first-order valence-electron chi connectivity index (χ1n) is 47.7. The Hall–Kier alpha value is -15.7. The van der Waals surface area contributed by atoms with Gasteiger partial charge in [0.15, 0.2) is 31.0 Å². The molecule has 0 bridgehead atoms. The lowest BCUT2D eigenvalue weighted by molar-refractivity contribution is -0.660. The van der Waals surface area contributed by atoms with Gasteiger partial charge >= 0.3 is 0 Å². The number of furan rings is 5. The van der Waals surface area contributed by atoms with Crippen molar-refractivity contribution in [3.8, 4) is 56.3 Å². The van der Waals surface area contributed by atoms with Crippen LogP contribution in [-0.4, -0.2) is 0 Å². The van der Waals surface area contributed by atoms with E-state index in [-0.39, 0.29) is 0 Å². The Kier molecular flexibility index (Phi) is 22.5. The Labute approximate surface area is 798 Å². The van der Waals surface area contributed by atoms with Crippen LogP contribution in [0.4, 0.5) is 0 Å². The number of nitrogens with zero attached hydrogens (tertiary/aromatic N) is 5. The van der Waals surface area contributed by atoms with Crippen molar-refractivity contribution < 1.29 is 44.9 Å². The van der Waals surface area contributed by atoms with Gasteiger partial charge in [-0.05, 0) is 296 Å². The van der Waals surface area contributed by atoms with E-state index >= 15 is 0 Å². The van der Waals surface area contributed by atoms with E-state index in [1.54, 1.807) is 0 Å². The Morgan fingerprint density at radius 2 is 0.533 bits per heavy atom. The first-order chi connectivity index (χ1) is 66.1. The van der Waals surface area contributed by atoms with Gasteiger partial charge in [-0.3, -0.25) is 0 Å². The minimum atomic E-state index is 0.631. The van der Waals surface area contributed by atoms with Crippen molar-refractivity contribution in [1.29, 1.82) is 0 Å². The van der Waals surface area contributed by atoms with Crippen molar-refractivity contribution in [2.75, 3.05) is 0 Å². The highest BCUT2D eigenvalue weighted by atomic mass is 16.3. The fourth-order valence-electron chi connectivity index (χ4n) is 21.5. The minimum absolute atomic E-state index is 0.631. The van der Waals surface area contributed by atoms with Crippen molar-refractivity contribution in [1.82, 2.24) is 0 Å². The van der Waals surface area contributed by atoms with Crippen LogP contribution in [0.15, 0.2) is 332 Å². The van der Waals surface area contributed by atoms with Gasteiger partial charge in [0.2, 0.25) is 28.5 Å². The molecule has 0 unspecified atom stereocenters. The highest BCUT2D eigenvalue weighted by Gasteiger charge is 2.30. The second-order valence-corrected chi connectivity index (χ2v) is 38.8. The zero-order valence-corrected chi connectivity index (χ0v) is 82.0. The monoisotopic (exact) mass is 1790 g/mol. The topological polar surface area (TPSA) is 85.1 Å². The predicted octanol–water partition coefficient (Wildman–Crippen LogP) is 31.4. The van der Waals surface area contributed by atoms with E-state index in [2.05, 4.69) is 472 Å². The van der Waals surface area contributed by atoms with Crippen molar-refractivity contribution in [2.24, 2.45) is 41.2 Å². The van der Waals surface area contributed by atoms with E-state index in [4.69, 9.17) is 22.1 Å². The molecule has 0 aliphatic heterocycles. The zero-order valence-electron chi connectivity index (χ0n) is 82.0. The van der Waals surface area contributed by atoms with Crippen LogP contribution in [-0.2, 0) is 41.7 Å². The molecule has 10 heterocycles. The molecule has 0 saturated heterocycles. The molecule has 0 amide bonds. The molecule has 25 rings (SSSR count). The molecular weight excluding hydrogens is 1680 g/mol. The van der Waals surface area contributed by atoms with E-state index in [9.17, 15) is 0 Å². The van der Waals surface area contributed by atoms with Crippen LogP contribution in [0, 0.1) is 95.9 Å². The number of benzene rings is 15. The van der Waals surface area contributed by atoms with Gasteiger partial charge in [-0.1, -0.05) is 172 Å². The molecule has 0 N–H and O–H groups in total. The minimum Gasteiger partial charge on any atom is -0.455 e. The van der Waals surface area contributed by atoms with Gasteiger partial charge in [0.25, 0.3) is 0 Å². The Balaban J connectivity index is 0.000000102. The third kappa shape index (κ3) is 15.8. The highest BCUT2D eigenvalue weighted by Crippen LogP contribution is 2.47. The number of aromatic nitrogens is 5. The maximum Gasteiger partial charge on any atom is 0.216 e. The average molecular weight is 1790 g/mol. The molecule has 672 valence electrons. The SMILES string of the molecule is Cc1cc(-c2c(C)cc(C)c3c2oc2cc4ccccc4cc23)[n+](C)cc1C.Cc1cc(C)c2c(oc3cc4ccccc4cc32)c1-c1cccc[n+]1C.Cc1cc[n+](C)c(-c2c(C)cc(C)c3c2oc2cc4ccccc4cc23)c1.Cc1ccc(-c2c(C)cc(C)c3c2oc2cc4ccccc4cc23)[n+](C)c1.Cc1ccc2c(oc3cc4ccccc4cc32)c1-c1cc(CC(C)C)cc[n+]1C. The molecule has 0 saturated carbocycles. The van der Waals surface area contributed by atoms with Crippen molar-refractivity contribution >= 4 is 164 Å². The average Bonchev–Trinajstić information content (AvgIpc) is 1.60. The molecule has 0 radical (unpaired) electrons. The van der Waals surface area contributed by atoms with Crippen LogP contribution >= 0.6 is 0 Å². The summed E-state index contributed by atoms with van der Waals surface area (Å²) in [5.41, 5.74) is 39.2. The number of hydrogen-bond donors (Lipinski definition) is 0. The van der Waals surface area contributed by atoms with E-state index < -0.39 is 0 Å². The van der Waals surface area contributed by atoms with Gasteiger partial charge in [-0.25, -0.2) is 22.8 Å². The molecule has 0 aliphatic carbocycles. The summed E-state index contributed by atoms with van der Waals surface area (Å²) in [6.07, 6.45) is 11.8. The van der Waals surface area contributed by atoms with Gasteiger partial charge < -0.3 is 22.1 Å². The van der Waals surface area contributed by atoms with Crippen molar-refractivity contribution in [3.05, 3.63) is 388 Å². The number of pyridine rings is 5. The lowest BCUT2D eigenvalue weighted by Gasteiger charge is -2.09. The molecule has 15 aromatic carbocycles. The molecule has 0 spiro atoms. The number of hydrogen-bond acceptors (Lipinski definition) is 5. The highest BCUT2D eigenvalue weighted by molar-refractivity contribution is 6.20. The second-order valence-electron chi connectivity index (χ2n) is 38.8. The summed E-state index contributed by atoms with van der Waals surface area (Å²) < 4.78 is 43.4. The van der Waals surface area contributed by atoms with Crippen LogP contribution in [0.25, 0.3) is 220 Å². The number of fused-ring (bicyclic) bond motifs is 20. The summed E-state index contributed by atoms with van der Waals surface area (Å²) in [6, 6.07) is 99.9. The zero-order chi connectivity index (χ0) is 94.9. The largest absolute Gasteiger partial charge is 0.455 e.